The zero-order valence-electron chi connectivity index (χ0n) is 16.0. The van der Waals surface area contributed by atoms with Gasteiger partial charge in [0, 0.05) is 29.7 Å². The lowest BCUT2D eigenvalue weighted by molar-refractivity contribution is -0.141. The number of nitrogens with one attached hydrogen (secondary N) is 2. The number of carbonyl (C=O) groups is 3. The van der Waals surface area contributed by atoms with Gasteiger partial charge in [0.25, 0.3) is 0 Å². The lowest BCUT2D eigenvalue weighted by atomic mass is 10.0. The summed E-state index contributed by atoms with van der Waals surface area (Å²) in [5.41, 5.74) is 0.580. The van der Waals surface area contributed by atoms with Crippen LogP contribution in [0.1, 0.15) is 24.3 Å². The Balaban J connectivity index is 1.63. The molecule has 3 amide bonds. The molecule has 1 aromatic heterocycles. The molecule has 3 rings (SSSR count). The maximum absolute atomic E-state index is 12.9. The van der Waals surface area contributed by atoms with E-state index in [1.807, 2.05) is 0 Å². The summed E-state index contributed by atoms with van der Waals surface area (Å²) in [5.74, 6) is 0.194. The van der Waals surface area contributed by atoms with Crippen molar-refractivity contribution in [3.8, 4) is 0 Å². The van der Waals surface area contributed by atoms with Gasteiger partial charge in [0.15, 0.2) is 5.82 Å². The Labute approximate surface area is 177 Å². The van der Waals surface area contributed by atoms with Gasteiger partial charge in [-0.1, -0.05) is 35.0 Å². The number of hydrogen-bond acceptors (Lipinski definition) is 6. The van der Waals surface area contributed by atoms with E-state index in [4.69, 9.17) is 16.1 Å². The Morgan fingerprint density at radius 3 is 2.90 bits per heavy atom. The molecule has 0 spiro atoms. The van der Waals surface area contributed by atoms with Gasteiger partial charge in [0.1, 0.15) is 11.8 Å². The fourth-order valence-electron chi connectivity index (χ4n) is 2.95. The summed E-state index contributed by atoms with van der Waals surface area (Å²) >= 11 is 7.44. The molecule has 1 aliphatic rings. The van der Waals surface area contributed by atoms with Crippen LogP contribution in [0.2, 0.25) is 5.02 Å². The van der Waals surface area contributed by atoms with E-state index in [0.29, 0.717) is 35.3 Å². The molecule has 1 saturated heterocycles. The van der Waals surface area contributed by atoms with Gasteiger partial charge in [0.05, 0.1) is 11.0 Å². The lowest BCUT2D eigenvalue weighted by Gasteiger charge is -2.35. The maximum atomic E-state index is 12.9. The van der Waals surface area contributed by atoms with Crippen molar-refractivity contribution in [2.24, 2.45) is 0 Å². The van der Waals surface area contributed by atoms with Crippen LogP contribution in [-0.4, -0.2) is 51.9 Å². The van der Waals surface area contributed by atoms with E-state index in [1.54, 1.807) is 44.2 Å². The Morgan fingerprint density at radius 1 is 1.45 bits per heavy atom. The molecule has 2 heterocycles. The van der Waals surface area contributed by atoms with Crippen LogP contribution < -0.4 is 10.6 Å². The van der Waals surface area contributed by atoms with Crippen molar-refractivity contribution in [2.75, 3.05) is 24.2 Å². The Bertz CT molecular complexity index is 919. The van der Waals surface area contributed by atoms with Gasteiger partial charge in [0.2, 0.25) is 17.7 Å². The maximum Gasteiger partial charge on any atom is 0.247 e. The fraction of sp³-hybridized carbons (Fsp3) is 0.368. The monoisotopic (exact) mass is 436 g/mol. The van der Waals surface area contributed by atoms with Crippen LogP contribution in [0.4, 0.5) is 5.82 Å². The first-order chi connectivity index (χ1) is 13.9. The molecular weight excluding hydrogens is 416 g/mol. The summed E-state index contributed by atoms with van der Waals surface area (Å²) in [7, 11) is 0. The van der Waals surface area contributed by atoms with Crippen molar-refractivity contribution in [3.63, 3.8) is 0 Å². The number of thioether (sulfide) groups is 1. The summed E-state index contributed by atoms with van der Waals surface area (Å²) in [6, 6.07) is 7.80. The zero-order valence-corrected chi connectivity index (χ0v) is 17.5. The van der Waals surface area contributed by atoms with Crippen LogP contribution in [0, 0.1) is 6.92 Å². The first-order valence-electron chi connectivity index (χ1n) is 9.04. The largest absolute Gasteiger partial charge is 0.360 e. The molecule has 0 saturated carbocycles. The third-order valence-corrected chi connectivity index (χ3v) is 5.91. The Kier molecular flexibility index (Phi) is 6.81. The number of anilines is 1. The SMILES string of the molecule is Cc1cc(NC(=O)[C@@H](C)SCC(=O)N2CCNC(=O)[C@@H]2c2ccccc2Cl)no1. The van der Waals surface area contributed by atoms with Crippen molar-refractivity contribution < 1.29 is 18.9 Å². The highest BCUT2D eigenvalue weighted by Gasteiger charge is 2.35. The highest BCUT2D eigenvalue weighted by molar-refractivity contribution is 8.01. The number of amides is 3. The van der Waals surface area contributed by atoms with Crippen molar-refractivity contribution in [2.45, 2.75) is 25.1 Å². The smallest absolute Gasteiger partial charge is 0.247 e. The zero-order chi connectivity index (χ0) is 21.0. The number of hydrogen-bond donors (Lipinski definition) is 2. The number of benzene rings is 1. The average molecular weight is 437 g/mol. The van der Waals surface area contributed by atoms with E-state index in [9.17, 15) is 14.4 Å². The third kappa shape index (κ3) is 5.10. The van der Waals surface area contributed by atoms with Gasteiger partial charge in [-0.15, -0.1) is 11.8 Å². The second kappa shape index (κ2) is 9.32. The van der Waals surface area contributed by atoms with Crippen molar-refractivity contribution in [3.05, 3.63) is 46.7 Å². The van der Waals surface area contributed by atoms with E-state index < -0.39 is 11.3 Å². The van der Waals surface area contributed by atoms with Gasteiger partial charge in [-0.05, 0) is 19.9 Å². The second-order valence-corrected chi connectivity index (χ2v) is 8.30. The van der Waals surface area contributed by atoms with Gasteiger partial charge < -0.3 is 20.1 Å². The molecule has 1 aromatic carbocycles. The Hall–Kier alpha value is -2.52. The molecule has 8 nitrogen and oxygen atoms in total. The van der Waals surface area contributed by atoms with Gasteiger partial charge in [-0.25, -0.2) is 0 Å². The number of nitrogens with zero attached hydrogens (tertiary/aromatic N) is 2. The topological polar surface area (TPSA) is 105 Å². The summed E-state index contributed by atoms with van der Waals surface area (Å²) in [4.78, 5) is 39.1. The van der Waals surface area contributed by atoms with E-state index in [-0.39, 0.29) is 23.5 Å². The molecule has 29 heavy (non-hydrogen) atoms. The summed E-state index contributed by atoms with van der Waals surface area (Å²) < 4.78 is 4.92. The van der Waals surface area contributed by atoms with Crippen LogP contribution >= 0.6 is 23.4 Å². The van der Waals surface area contributed by atoms with Crippen molar-refractivity contribution in [1.82, 2.24) is 15.4 Å². The quantitative estimate of drug-likeness (QED) is 0.720. The van der Waals surface area contributed by atoms with E-state index in [0.717, 1.165) is 0 Å². The van der Waals surface area contributed by atoms with Gasteiger partial charge in [-0.3, -0.25) is 14.4 Å². The minimum Gasteiger partial charge on any atom is -0.360 e. The van der Waals surface area contributed by atoms with E-state index in [1.165, 1.54) is 16.7 Å². The van der Waals surface area contributed by atoms with Crippen LogP contribution in [0.5, 0.6) is 0 Å². The normalized spacial score (nSPS) is 17.6. The van der Waals surface area contributed by atoms with Crippen molar-refractivity contribution in [1.29, 1.82) is 0 Å². The van der Waals surface area contributed by atoms with E-state index >= 15 is 0 Å². The minimum atomic E-state index is -0.784. The molecular formula is C19H21ClN4O4S. The van der Waals surface area contributed by atoms with Gasteiger partial charge >= 0.3 is 0 Å². The predicted molar refractivity (Wildman–Crippen MR) is 111 cm³/mol. The molecule has 1 aliphatic heterocycles. The first-order valence-corrected chi connectivity index (χ1v) is 10.5. The number of aryl methyl sites for hydroxylation is 1. The van der Waals surface area contributed by atoms with Crippen LogP contribution in [0.25, 0.3) is 0 Å². The number of rotatable bonds is 6. The fourth-order valence-corrected chi connectivity index (χ4v) is 3.96. The first kappa shape index (κ1) is 21.2. The molecule has 10 heteroatoms. The average Bonchev–Trinajstić information content (AvgIpc) is 3.11. The Morgan fingerprint density at radius 2 is 2.21 bits per heavy atom. The molecule has 1 fully saturated rings. The third-order valence-electron chi connectivity index (χ3n) is 4.44. The van der Waals surface area contributed by atoms with Crippen LogP contribution in [0.3, 0.4) is 0 Å². The molecule has 0 aliphatic carbocycles. The molecule has 154 valence electrons. The summed E-state index contributed by atoms with van der Waals surface area (Å²) in [6.07, 6.45) is 0. The standard InChI is InChI=1S/C19H21ClN4O4S/c1-11-9-15(23-28-11)22-18(26)12(2)29-10-16(25)24-8-7-21-19(27)17(24)13-5-3-4-6-14(13)20/h3-6,9,12,17H,7-8,10H2,1-2H3,(H,21,27)(H,22,23,26)/t12-,17+/m1/s1. The lowest BCUT2D eigenvalue weighted by Crippen LogP contribution is -2.52. The van der Waals surface area contributed by atoms with Crippen molar-refractivity contribution >= 4 is 46.9 Å². The molecule has 2 atom stereocenters. The summed E-state index contributed by atoms with van der Waals surface area (Å²) in [6.45, 7) is 4.18. The number of carbonyl (C=O) groups excluding carboxylic acids is 3. The second-order valence-electron chi connectivity index (χ2n) is 6.57. The highest BCUT2D eigenvalue weighted by atomic mass is 35.5. The molecule has 2 aromatic rings. The number of piperazine rings is 1. The number of halogens is 1. The van der Waals surface area contributed by atoms with Gasteiger partial charge in [-0.2, -0.15) is 0 Å². The van der Waals surface area contributed by atoms with Crippen LogP contribution in [0.15, 0.2) is 34.9 Å². The number of aromatic nitrogens is 1. The molecule has 0 bridgehead atoms. The summed E-state index contributed by atoms with van der Waals surface area (Å²) in [5, 5.41) is 9.07. The minimum absolute atomic E-state index is 0.0562. The highest BCUT2D eigenvalue weighted by Crippen LogP contribution is 2.30. The predicted octanol–water partition coefficient (Wildman–Crippen LogP) is 2.40. The van der Waals surface area contributed by atoms with E-state index in [2.05, 4.69) is 15.8 Å². The molecule has 2 N–H and O–H groups in total. The molecule has 0 unspecified atom stereocenters. The van der Waals surface area contributed by atoms with Crippen LogP contribution in [-0.2, 0) is 14.4 Å². The molecule has 0 radical (unpaired) electrons.